The average Bonchev–Trinajstić information content (AvgIpc) is 2.56. The molecule has 1 saturated heterocycles. The summed E-state index contributed by atoms with van der Waals surface area (Å²) < 4.78 is 25.1. The van der Waals surface area contributed by atoms with Gasteiger partial charge in [-0.25, -0.2) is 12.7 Å². The lowest BCUT2D eigenvalue weighted by atomic mass is 10.0. The van der Waals surface area contributed by atoms with Crippen LogP contribution in [0.15, 0.2) is 30.3 Å². The van der Waals surface area contributed by atoms with Crippen molar-refractivity contribution in [2.75, 3.05) is 18.8 Å². The van der Waals surface area contributed by atoms with Gasteiger partial charge in [-0.2, -0.15) is 0 Å². The predicted octanol–water partition coefficient (Wildman–Crippen LogP) is 1.43. The van der Waals surface area contributed by atoms with Crippen LogP contribution in [0.5, 0.6) is 0 Å². The van der Waals surface area contributed by atoms with E-state index < -0.39 is 10.0 Å². The van der Waals surface area contributed by atoms with Gasteiger partial charge in [0.25, 0.3) is 0 Å². The Morgan fingerprint density at radius 3 is 2.42 bits per heavy atom. The zero-order chi connectivity index (χ0) is 16.9. The number of carbonyl (C=O) groups excluding carboxylic acids is 1. The summed E-state index contributed by atoms with van der Waals surface area (Å²) in [5.41, 5.74) is 6.99. The van der Waals surface area contributed by atoms with E-state index in [2.05, 4.69) is 5.32 Å². The Balaban J connectivity index is 0.00000288. The van der Waals surface area contributed by atoms with E-state index in [4.69, 9.17) is 5.73 Å². The van der Waals surface area contributed by atoms with E-state index in [9.17, 15) is 13.2 Å². The fraction of sp³-hybridized carbons (Fsp3) is 0.562. The third-order valence-corrected chi connectivity index (χ3v) is 6.09. The molecule has 0 radical (unpaired) electrons. The van der Waals surface area contributed by atoms with Gasteiger partial charge in [0.2, 0.25) is 15.9 Å². The molecule has 3 N–H and O–H groups in total. The van der Waals surface area contributed by atoms with Crippen LogP contribution in [-0.2, 0) is 14.8 Å². The Morgan fingerprint density at radius 1 is 1.29 bits per heavy atom. The maximum atomic E-state index is 12.1. The van der Waals surface area contributed by atoms with E-state index in [-0.39, 0.29) is 42.6 Å². The highest BCUT2D eigenvalue weighted by Crippen LogP contribution is 2.16. The summed E-state index contributed by atoms with van der Waals surface area (Å²) in [6.07, 6.45) is 1.52. The van der Waals surface area contributed by atoms with Crippen LogP contribution in [0.3, 0.4) is 0 Å². The van der Waals surface area contributed by atoms with Crippen LogP contribution < -0.4 is 11.1 Å². The minimum absolute atomic E-state index is 0. The molecule has 0 saturated carbocycles. The number of carbonyl (C=O) groups is 1. The van der Waals surface area contributed by atoms with Crippen LogP contribution in [0.25, 0.3) is 0 Å². The van der Waals surface area contributed by atoms with Gasteiger partial charge >= 0.3 is 0 Å². The molecule has 1 fully saturated rings. The first-order valence-electron chi connectivity index (χ1n) is 8.00. The first-order chi connectivity index (χ1) is 10.9. The van der Waals surface area contributed by atoms with Crippen molar-refractivity contribution in [1.82, 2.24) is 9.62 Å². The van der Waals surface area contributed by atoms with E-state index in [1.807, 2.05) is 30.3 Å². The number of nitrogens with one attached hydrogen (secondary N) is 1. The van der Waals surface area contributed by atoms with Gasteiger partial charge in [0.1, 0.15) is 0 Å². The maximum absolute atomic E-state index is 12.1. The second kappa shape index (κ2) is 9.36. The third-order valence-electron chi connectivity index (χ3n) is 4.21. The quantitative estimate of drug-likeness (QED) is 0.786. The molecule has 8 heteroatoms. The van der Waals surface area contributed by atoms with Crippen molar-refractivity contribution >= 4 is 28.3 Å². The molecule has 0 bridgehead atoms. The number of amides is 1. The Hall–Kier alpha value is -1.15. The molecule has 1 aliphatic rings. The van der Waals surface area contributed by atoms with Gasteiger partial charge in [-0.3, -0.25) is 4.79 Å². The summed E-state index contributed by atoms with van der Waals surface area (Å²) in [4.78, 5) is 12.1. The standard InChI is InChI=1S/C16H25N3O3S.ClH/c1-2-23(21,22)19-10-8-14(9-11-19)18-16(20)12-15(17)13-6-4-3-5-7-13;/h3-7,14-15H,2,8-12,17H2,1H3,(H,18,20);1H. The summed E-state index contributed by atoms with van der Waals surface area (Å²) in [7, 11) is -3.13. The van der Waals surface area contributed by atoms with Gasteiger partial charge < -0.3 is 11.1 Å². The SMILES string of the molecule is CCS(=O)(=O)N1CCC(NC(=O)CC(N)c2ccccc2)CC1.Cl. The number of sulfonamides is 1. The van der Waals surface area contributed by atoms with Gasteiger partial charge in [0.15, 0.2) is 0 Å². The first kappa shape index (κ1) is 20.9. The van der Waals surface area contributed by atoms with Gasteiger partial charge in [-0.1, -0.05) is 30.3 Å². The minimum atomic E-state index is -3.13. The number of hydrogen-bond donors (Lipinski definition) is 2. The molecule has 1 aromatic carbocycles. The van der Waals surface area contributed by atoms with Gasteiger partial charge in [0.05, 0.1) is 5.75 Å². The van der Waals surface area contributed by atoms with E-state index >= 15 is 0 Å². The number of hydrogen-bond acceptors (Lipinski definition) is 4. The number of piperidine rings is 1. The summed E-state index contributed by atoms with van der Waals surface area (Å²) >= 11 is 0. The van der Waals surface area contributed by atoms with Crippen molar-refractivity contribution < 1.29 is 13.2 Å². The Morgan fingerprint density at radius 2 is 1.88 bits per heavy atom. The molecular weight excluding hydrogens is 350 g/mol. The largest absolute Gasteiger partial charge is 0.353 e. The highest BCUT2D eigenvalue weighted by molar-refractivity contribution is 7.89. The molecule has 1 unspecified atom stereocenters. The molecule has 1 amide bonds. The average molecular weight is 376 g/mol. The maximum Gasteiger partial charge on any atom is 0.222 e. The zero-order valence-electron chi connectivity index (χ0n) is 13.8. The fourth-order valence-electron chi connectivity index (χ4n) is 2.77. The van der Waals surface area contributed by atoms with Crippen molar-refractivity contribution in [2.24, 2.45) is 5.73 Å². The normalized spacial score (nSPS) is 17.8. The summed E-state index contributed by atoms with van der Waals surface area (Å²) in [5.74, 6) is 0.0359. The number of rotatable bonds is 6. The van der Waals surface area contributed by atoms with Crippen LogP contribution in [0, 0.1) is 0 Å². The topological polar surface area (TPSA) is 92.5 Å². The van der Waals surface area contributed by atoms with Crippen LogP contribution in [0.1, 0.15) is 37.8 Å². The zero-order valence-corrected chi connectivity index (χ0v) is 15.5. The highest BCUT2D eigenvalue weighted by Gasteiger charge is 2.27. The van der Waals surface area contributed by atoms with Crippen molar-refractivity contribution in [3.05, 3.63) is 35.9 Å². The molecule has 1 heterocycles. The molecule has 0 spiro atoms. The van der Waals surface area contributed by atoms with E-state index in [0.717, 1.165) is 5.56 Å². The van der Waals surface area contributed by atoms with Gasteiger partial charge in [-0.05, 0) is 25.3 Å². The lowest BCUT2D eigenvalue weighted by Gasteiger charge is -2.31. The second-order valence-corrected chi connectivity index (χ2v) is 8.12. The number of benzene rings is 1. The second-order valence-electron chi connectivity index (χ2n) is 5.86. The van der Waals surface area contributed by atoms with E-state index in [1.54, 1.807) is 6.92 Å². The Labute approximate surface area is 150 Å². The number of nitrogens with two attached hydrogens (primary N) is 1. The minimum Gasteiger partial charge on any atom is -0.353 e. The monoisotopic (exact) mass is 375 g/mol. The molecule has 1 aliphatic heterocycles. The smallest absolute Gasteiger partial charge is 0.222 e. The molecule has 1 aromatic rings. The lowest BCUT2D eigenvalue weighted by Crippen LogP contribution is -2.47. The van der Waals surface area contributed by atoms with E-state index in [0.29, 0.717) is 25.9 Å². The third kappa shape index (κ3) is 5.73. The van der Waals surface area contributed by atoms with E-state index in [1.165, 1.54) is 4.31 Å². The molecule has 1 atom stereocenters. The summed E-state index contributed by atoms with van der Waals surface area (Å²) in [6.45, 7) is 2.58. The first-order valence-corrected chi connectivity index (χ1v) is 9.61. The molecule has 136 valence electrons. The van der Waals surface area contributed by atoms with Crippen molar-refractivity contribution in [1.29, 1.82) is 0 Å². The Kier molecular flexibility index (Phi) is 8.15. The van der Waals surface area contributed by atoms with Crippen LogP contribution in [0.4, 0.5) is 0 Å². The molecule has 24 heavy (non-hydrogen) atoms. The van der Waals surface area contributed by atoms with Gasteiger partial charge in [-0.15, -0.1) is 12.4 Å². The molecule has 0 aliphatic carbocycles. The highest BCUT2D eigenvalue weighted by atomic mass is 35.5. The molecule has 6 nitrogen and oxygen atoms in total. The molecular formula is C16H26ClN3O3S. The van der Waals surface area contributed by atoms with Crippen molar-refractivity contribution in [3.63, 3.8) is 0 Å². The summed E-state index contributed by atoms with van der Waals surface area (Å²) in [5, 5.41) is 2.97. The fourth-order valence-corrected chi connectivity index (χ4v) is 3.90. The molecule has 0 aromatic heterocycles. The number of halogens is 1. The molecule has 2 rings (SSSR count). The van der Waals surface area contributed by atoms with Crippen molar-refractivity contribution in [3.8, 4) is 0 Å². The van der Waals surface area contributed by atoms with Crippen molar-refractivity contribution in [2.45, 2.75) is 38.3 Å². The predicted molar refractivity (Wildman–Crippen MR) is 97.4 cm³/mol. The number of nitrogens with zero attached hydrogens (tertiary/aromatic N) is 1. The Bertz CT molecular complexity index is 617. The van der Waals surface area contributed by atoms with Crippen LogP contribution >= 0.6 is 12.4 Å². The lowest BCUT2D eigenvalue weighted by molar-refractivity contribution is -0.122. The van der Waals surface area contributed by atoms with Crippen LogP contribution in [-0.4, -0.2) is 43.5 Å². The summed E-state index contributed by atoms with van der Waals surface area (Å²) in [6, 6.07) is 9.23. The van der Waals surface area contributed by atoms with Gasteiger partial charge in [0, 0.05) is 31.6 Å². The van der Waals surface area contributed by atoms with Crippen LogP contribution in [0.2, 0.25) is 0 Å².